The fraction of sp³-hybridized carbons (Fsp3) is 0.167. The number of halogens is 1. The molecule has 1 atom stereocenters. The molecular formula is C6H5F. The Labute approximate surface area is 41.7 Å². The molecule has 0 saturated heterocycles. The lowest BCUT2D eigenvalue weighted by atomic mass is 10.3. The average Bonchev–Trinajstić information content (AvgIpc) is 1.69. The smallest absolute Gasteiger partial charge is 0.144 e. The summed E-state index contributed by atoms with van der Waals surface area (Å²) in [6, 6.07) is 0. The second-order valence-electron chi connectivity index (χ2n) is 1.33. The summed E-state index contributed by atoms with van der Waals surface area (Å²) in [5.41, 5.74) is 2.62. The van der Waals surface area contributed by atoms with Gasteiger partial charge in [0, 0.05) is 0 Å². The molecule has 0 radical (unpaired) electrons. The second kappa shape index (κ2) is 1.76. The van der Waals surface area contributed by atoms with E-state index in [1.54, 1.807) is 12.2 Å². The van der Waals surface area contributed by atoms with Crippen molar-refractivity contribution in [2.45, 2.75) is 6.17 Å². The molecule has 7 heavy (non-hydrogen) atoms. The van der Waals surface area contributed by atoms with E-state index in [2.05, 4.69) is 5.73 Å². The van der Waals surface area contributed by atoms with Crippen LogP contribution in [0.4, 0.5) is 4.39 Å². The van der Waals surface area contributed by atoms with Crippen LogP contribution in [0.5, 0.6) is 0 Å². The van der Waals surface area contributed by atoms with Crippen molar-refractivity contribution in [2.24, 2.45) is 0 Å². The molecule has 1 aliphatic rings. The van der Waals surface area contributed by atoms with Crippen LogP contribution in [-0.4, -0.2) is 6.17 Å². The SMILES string of the molecule is FC1C=C=CC=C1. The molecule has 0 bridgehead atoms. The lowest BCUT2D eigenvalue weighted by molar-refractivity contribution is 0.468. The van der Waals surface area contributed by atoms with Crippen LogP contribution in [-0.2, 0) is 0 Å². The van der Waals surface area contributed by atoms with Gasteiger partial charge in [-0.15, -0.1) is 5.73 Å². The molecule has 0 aromatic heterocycles. The van der Waals surface area contributed by atoms with Gasteiger partial charge >= 0.3 is 0 Å². The van der Waals surface area contributed by atoms with E-state index in [0.717, 1.165) is 0 Å². The van der Waals surface area contributed by atoms with Crippen molar-refractivity contribution in [1.82, 2.24) is 0 Å². The van der Waals surface area contributed by atoms with Gasteiger partial charge in [0.05, 0.1) is 0 Å². The van der Waals surface area contributed by atoms with Crippen LogP contribution in [0.3, 0.4) is 0 Å². The van der Waals surface area contributed by atoms with E-state index in [9.17, 15) is 4.39 Å². The number of rotatable bonds is 0. The molecule has 0 spiro atoms. The largest absolute Gasteiger partial charge is 0.238 e. The van der Waals surface area contributed by atoms with Crippen molar-refractivity contribution in [2.75, 3.05) is 0 Å². The summed E-state index contributed by atoms with van der Waals surface area (Å²) >= 11 is 0. The maximum absolute atomic E-state index is 12.0. The predicted octanol–water partition coefficient (Wildman–Crippen LogP) is 1.61. The van der Waals surface area contributed by atoms with Crippen LogP contribution in [0, 0.1) is 0 Å². The van der Waals surface area contributed by atoms with Crippen molar-refractivity contribution in [3.05, 3.63) is 30.0 Å². The number of hydrogen-bond donors (Lipinski definition) is 0. The normalized spacial score (nSPS) is 26.1. The third kappa shape index (κ3) is 1.02. The third-order valence-electron chi connectivity index (χ3n) is 0.743. The second-order valence-corrected chi connectivity index (χ2v) is 1.33. The quantitative estimate of drug-likeness (QED) is 0.402. The van der Waals surface area contributed by atoms with Crippen molar-refractivity contribution < 1.29 is 4.39 Å². The summed E-state index contributed by atoms with van der Waals surface area (Å²) in [4.78, 5) is 0. The molecule has 0 aromatic carbocycles. The van der Waals surface area contributed by atoms with Gasteiger partial charge in [0.1, 0.15) is 6.17 Å². The molecular weight excluding hydrogens is 91.1 g/mol. The van der Waals surface area contributed by atoms with Gasteiger partial charge < -0.3 is 0 Å². The van der Waals surface area contributed by atoms with Crippen molar-refractivity contribution in [1.29, 1.82) is 0 Å². The topological polar surface area (TPSA) is 0 Å². The fourth-order valence-electron chi connectivity index (χ4n) is 0.420. The zero-order valence-electron chi connectivity index (χ0n) is 3.76. The molecule has 0 nitrogen and oxygen atoms in total. The first-order valence-corrected chi connectivity index (χ1v) is 2.13. The fourth-order valence-corrected chi connectivity index (χ4v) is 0.420. The minimum absolute atomic E-state index is 0.912. The van der Waals surface area contributed by atoms with E-state index in [-0.39, 0.29) is 0 Å². The minimum Gasteiger partial charge on any atom is -0.238 e. The van der Waals surface area contributed by atoms with Gasteiger partial charge in [-0.25, -0.2) is 4.39 Å². The van der Waals surface area contributed by atoms with Gasteiger partial charge in [0.25, 0.3) is 0 Å². The highest BCUT2D eigenvalue weighted by atomic mass is 19.1. The molecule has 0 saturated carbocycles. The molecule has 0 amide bonds. The molecule has 1 aliphatic carbocycles. The van der Waals surface area contributed by atoms with Gasteiger partial charge in [-0.3, -0.25) is 0 Å². The summed E-state index contributed by atoms with van der Waals surface area (Å²) in [5, 5.41) is 0. The number of alkyl halides is 1. The zero-order valence-corrected chi connectivity index (χ0v) is 3.76. The molecule has 1 rings (SSSR count). The average molecular weight is 96.1 g/mol. The summed E-state index contributed by atoms with van der Waals surface area (Å²) in [5.74, 6) is 0. The van der Waals surface area contributed by atoms with E-state index in [1.165, 1.54) is 12.2 Å². The Hall–Kier alpha value is -0.810. The molecule has 0 heterocycles. The van der Waals surface area contributed by atoms with Crippen LogP contribution < -0.4 is 0 Å². The molecule has 1 unspecified atom stereocenters. The van der Waals surface area contributed by atoms with E-state index in [4.69, 9.17) is 0 Å². The Kier molecular flexibility index (Phi) is 1.10. The van der Waals surface area contributed by atoms with Crippen molar-refractivity contribution in [3.8, 4) is 0 Å². The first kappa shape index (κ1) is 4.35. The van der Waals surface area contributed by atoms with Gasteiger partial charge in [-0.2, -0.15) is 0 Å². The molecule has 0 fully saturated rings. The number of allylic oxidation sites excluding steroid dienone is 3. The Bertz CT molecular complexity index is 138. The standard InChI is InChI=1S/C6H5F/c7-6-4-2-1-3-5-6/h1-2,4-6H. The maximum atomic E-state index is 12.0. The maximum Gasteiger partial charge on any atom is 0.144 e. The van der Waals surface area contributed by atoms with Crippen LogP contribution in [0.25, 0.3) is 0 Å². The van der Waals surface area contributed by atoms with Crippen molar-refractivity contribution >= 4 is 0 Å². The minimum atomic E-state index is -0.912. The van der Waals surface area contributed by atoms with Crippen LogP contribution in [0.1, 0.15) is 0 Å². The number of hydrogen-bond acceptors (Lipinski definition) is 0. The van der Waals surface area contributed by atoms with Crippen LogP contribution in [0.15, 0.2) is 30.0 Å². The first-order chi connectivity index (χ1) is 3.39. The predicted molar refractivity (Wildman–Crippen MR) is 26.7 cm³/mol. The molecule has 0 N–H and O–H groups in total. The summed E-state index contributed by atoms with van der Waals surface area (Å²) in [6.07, 6.45) is 5.25. The van der Waals surface area contributed by atoms with Gasteiger partial charge in [-0.1, -0.05) is 6.08 Å². The lowest BCUT2D eigenvalue weighted by Gasteiger charge is -1.90. The summed E-state index contributed by atoms with van der Waals surface area (Å²) in [6.45, 7) is 0. The van der Waals surface area contributed by atoms with E-state index in [0.29, 0.717) is 0 Å². The monoisotopic (exact) mass is 96.0 g/mol. The van der Waals surface area contributed by atoms with Gasteiger partial charge in [0.2, 0.25) is 0 Å². The summed E-state index contributed by atoms with van der Waals surface area (Å²) in [7, 11) is 0. The lowest BCUT2D eigenvalue weighted by Crippen LogP contribution is -1.87. The Morgan fingerprint density at radius 3 is 2.71 bits per heavy atom. The van der Waals surface area contributed by atoms with Crippen LogP contribution >= 0.6 is 0 Å². The molecule has 36 valence electrons. The van der Waals surface area contributed by atoms with Crippen LogP contribution in [0.2, 0.25) is 0 Å². The molecule has 0 aromatic rings. The molecule has 0 aliphatic heterocycles. The molecule has 1 heteroatoms. The Balaban J connectivity index is 2.77. The highest BCUT2D eigenvalue weighted by molar-refractivity contribution is 5.14. The van der Waals surface area contributed by atoms with Crippen molar-refractivity contribution in [3.63, 3.8) is 0 Å². The van der Waals surface area contributed by atoms with Gasteiger partial charge in [-0.05, 0) is 18.2 Å². The van der Waals surface area contributed by atoms with E-state index in [1.807, 2.05) is 0 Å². The third-order valence-corrected chi connectivity index (χ3v) is 0.743. The Morgan fingerprint density at radius 2 is 2.43 bits per heavy atom. The highest BCUT2D eigenvalue weighted by Crippen LogP contribution is 1.97. The highest BCUT2D eigenvalue weighted by Gasteiger charge is 1.92. The first-order valence-electron chi connectivity index (χ1n) is 2.13. The Morgan fingerprint density at radius 1 is 1.57 bits per heavy atom. The van der Waals surface area contributed by atoms with E-state index < -0.39 is 6.17 Å². The zero-order chi connectivity index (χ0) is 5.11. The van der Waals surface area contributed by atoms with Gasteiger partial charge in [0.15, 0.2) is 0 Å². The van der Waals surface area contributed by atoms with E-state index >= 15 is 0 Å². The summed E-state index contributed by atoms with van der Waals surface area (Å²) < 4.78 is 12.0.